The number of aromatic amines is 1. The molecule has 2 heterocycles. The molecule has 5 rings (SSSR count). The number of nitrogens with one attached hydrogen (secondary N) is 5. The van der Waals surface area contributed by atoms with Crippen LogP contribution in [-0.4, -0.2) is 67.2 Å². The molecule has 1 aliphatic heterocycles. The molecule has 47 heavy (non-hydrogen) atoms. The highest BCUT2D eigenvalue weighted by atomic mass is 16.5. The van der Waals surface area contributed by atoms with E-state index in [2.05, 4.69) is 26.3 Å². The highest BCUT2D eigenvalue weighted by molar-refractivity contribution is 6.38. The molecule has 1 unspecified atom stereocenters. The Bertz CT molecular complexity index is 1760. The number of ketones is 1. The fourth-order valence-corrected chi connectivity index (χ4v) is 5.57. The monoisotopic (exact) mass is 639 g/mol. The second-order valence-corrected chi connectivity index (χ2v) is 11.3. The Hall–Kier alpha value is -5.65. The van der Waals surface area contributed by atoms with Crippen molar-refractivity contribution in [1.82, 2.24) is 26.3 Å². The molecule has 1 aliphatic rings. The number of carbonyl (C=O) groups excluding carboxylic acids is 5. The second-order valence-electron chi connectivity index (χ2n) is 11.3. The van der Waals surface area contributed by atoms with Crippen molar-refractivity contribution < 1.29 is 33.4 Å². The molecular formula is C35H37N5O7. The van der Waals surface area contributed by atoms with Crippen molar-refractivity contribution in [3.8, 4) is 11.5 Å². The first-order chi connectivity index (χ1) is 22.7. The second kappa shape index (κ2) is 15.1. The van der Waals surface area contributed by atoms with Gasteiger partial charge in [-0.3, -0.25) is 24.0 Å². The Morgan fingerprint density at radius 3 is 2.21 bits per heavy atom. The number of benzene rings is 3. The standard InChI is InChI=1S/C35H37N5O7/c1-46-24-17-26-25(30(18-24)47-2)19-29(38-26)34(44)40-28(15-21-9-5-3-6-10-21)33(43)39-27(16-23-13-14-36-32(23)42)31(41)35(45)37-20-22-11-7-4-8-12-22/h3-12,17-19,23,27-28,38H,13-16,20H2,1-2H3,(H,36,42)(H,37,45)(H,39,43)(H,40,44)/t23-,27?,28-/m0/s1. The van der Waals surface area contributed by atoms with Crippen LogP contribution in [0.2, 0.25) is 0 Å². The molecule has 3 aromatic carbocycles. The molecule has 12 heteroatoms. The van der Waals surface area contributed by atoms with Gasteiger partial charge in [0.05, 0.1) is 25.8 Å². The van der Waals surface area contributed by atoms with Gasteiger partial charge in [0.15, 0.2) is 0 Å². The molecule has 5 N–H and O–H groups in total. The molecule has 1 aromatic heterocycles. The fourth-order valence-electron chi connectivity index (χ4n) is 5.57. The third kappa shape index (κ3) is 8.15. The summed E-state index contributed by atoms with van der Waals surface area (Å²) in [5.41, 5.74) is 2.32. The summed E-state index contributed by atoms with van der Waals surface area (Å²) >= 11 is 0. The summed E-state index contributed by atoms with van der Waals surface area (Å²) in [7, 11) is 3.03. The maximum atomic E-state index is 13.9. The van der Waals surface area contributed by atoms with Gasteiger partial charge in [-0.2, -0.15) is 0 Å². The predicted octanol–water partition coefficient (Wildman–Crippen LogP) is 2.42. The number of ether oxygens (including phenoxy) is 2. The van der Waals surface area contributed by atoms with Gasteiger partial charge < -0.3 is 35.7 Å². The summed E-state index contributed by atoms with van der Waals surface area (Å²) in [6.07, 6.45) is 0.495. The normalized spacial score (nSPS) is 15.3. The highest BCUT2D eigenvalue weighted by Crippen LogP contribution is 2.31. The predicted molar refractivity (Wildman–Crippen MR) is 174 cm³/mol. The zero-order chi connectivity index (χ0) is 33.3. The zero-order valence-electron chi connectivity index (χ0n) is 26.1. The topological polar surface area (TPSA) is 168 Å². The van der Waals surface area contributed by atoms with Gasteiger partial charge >= 0.3 is 0 Å². The Morgan fingerprint density at radius 2 is 1.57 bits per heavy atom. The third-order valence-electron chi connectivity index (χ3n) is 8.11. The lowest BCUT2D eigenvalue weighted by Gasteiger charge is -2.24. The Kier molecular flexibility index (Phi) is 10.5. The molecule has 12 nitrogen and oxygen atoms in total. The summed E-state index contributed by atoms with van der Waals surface area (Å²) in [6.45, 7) is 0.552. The van der Waals surface area contributed by atoms with Crippen LogP contribution in [0.15, 0.2) is 78.9 Å². The van der Waals surface area contributed by atoms with Crippen molar-refractivity contribution in [3.63, 3.8) is 0 Å². The maximum absolute atomic E-state index is 13.9. The van der Waals surface area contributed by atoms with Crippen LogP contribution in [-0.2, 0) is 32.1 Å². The minimum Gasteiger partial charge on any atom is -0.497 e. The van der Waals surface area contributed by atoms with E-state index in [4.69, 9.17) is 9.47 Å². The molecule has 3 atom stereocenters. The molecule has 4 amide bonds. The summed E-state index contributed by atoms with van der Waals surface area (Å²) in [5.74, 6) is -2.80. The van der Waals surface area contributed by atoms with Crippen LogP contribution in [0.3, 0.4) is 0 Å². The van der Waals surface area contributed by atoms with Crippen LogP contribution in [0.25, 0.3) is 10.9 Å². The largest absolute Gasteiger partial charge is 0.497 e. The first kappa shape index (κ1) is 32.7. The summed E-state index contributed by atoms with van der Waals surface area (Å²) in [6, 6.07) is 20.8. The number of H-pyrrole nitrogens is 1. The van der Waals surface area contributed by atoms with E-state index in [0.29, 0.717) is 35.4 Å². The number of amides is 4. The lowest BCUT2D eigenvalue weighted by atomic mass is 9.94. The van der Waals surface area contributed by atoms with E-state index in [-0.39, 0.29) is 31.0 Å². The smallest absolute Gasteiger partial charge is 0.289 e. The van der Waals surface area contributed by atoms with Gasteiger partial charge in [0.25, 0.3) is 11.8 Å². The van der Waals surface area contributed by atoms with Gasteiger partial charge in [-0.15, -0.1) is 0 Å². The molecule has 1 fully saturated rings. The van der Waals surface area contributed by atoms with Crippen molar-refractivity contribution in [1.29, 1.82) is 0 Å². The van der Waals surface area contributed by atoms with Gasteiger partial charge in [-0.25, -0.2) is 0 Å². The zero-order valence-corrected chi connectivity index (χ0v) is 26.1. The van der Waals surface area contributed by atoms with Crippen molar-refractivity contribution in [2.75, 3.05) is 20.8 Å². The lowest BCUT2D eigenvalue weighted by Crippen LogP contribution is -2.55. The first-order valence-electron chi connectivity index (χ1n) is 15.3. The average molecular weight is 640 g/mol. The molecule has 0 radical (unpaired) electrons. The van der Waals surface area contributed by atoms with E-state index >= 15 is 0 Å². The quantitative estimate of drug-likeness (QED) is 0.132. The molecule has 244 valence electrons. The molecule has 1 saturated heterocycles. The fraction of sp³-hybridized carbons (Fsp3) is 0.286. The first-order valence-corrected chi connectivity index (χ1v) is 15.3. The van der Waals surface area contributed by atoms with Crippen LogP contribution in [0.4, 0.5) is 0 Å². The summed E-state index contributed by atoms with van der Waals surface area (Å²) in [5, 5.41) is 11.5. The van der Waals surface area contributed by atoms with E-state index in [1.54, 1.807) is 18.2 Å². The van der Waals surface area contributed by atoms with E-state index in [1.165, 1.54) is 14.2 Å². The number of hydrogen-bond donors (Lipinski definition) is 5. The van der Waals surface area contributed by atoms with Crippen molar-refractivity contribution >= 4 is 40.3 Å². The van der Waals surface area contributed by atoms with Crippen molar-refractivity contribution in [2.24, 2.45) is 5.92 Å². The Balaban J connectivity index is 1.37. The highest BCUT2D eigenvalue weighted by Gasteiger charge is 2.35. The van der Waals surface area contributed by atoms with Gasteiger partial charge in [0, 0.05) is 42.9 Å². The third-order valence-corrected chi connectivity index (χ3v) is 8.11. The van der Waals surface area contributed by atoms with E-state index in [0.717, 1.165) is 11.1 Å². The Labute approximate surface area is 271 Å². The number of carbonyl (C=O) groups is 5. The molecule has 0 aliphatic carbocycles. The minimum absolute atomic E-state index is 0.0647. The van der Waals surface area contributed by atoms with Gasteiger partial charge in [-0.05, 0) is 30.0 Å². The van der Waals surface area contributed by atoms with Gasteiger partial charge in [-0.1, -0.05) is 60.7 Å². The summed E-state index contributed by atoms with van der Waals surface area (Å²) in [4.78, 5) is 69.4. The van der Waals surface area contributed by atoms with Crippen molar-refractivity contribution in [3.05, 3.63) is 95.7 Å². The molecule has 0 saturated carbocycles. The van der Waals surface area contributed by atoms with Crippen LogP contribution < -0.4 is 30.7 Å². The van der Waals surface area contributed by atoms with E-state index in [9.17, 15) is 24.0 Å². The van der Waals surface area contributed by atoms with Crippen molar-refractivity contribution in [2.45, 2.75) is 37.9 Å². The maximum Gasteiger partial charge on any atom is 0.289 e. The van der Waals surface area contributed by atoms with Crippen LogP contribution in [0, 0.1) is 5.92 Å². The molecule has 0 bridgehead atoms. The van der Waals surface area contributed by atoms with Crippen LogP contribution >= 0.6 is 0 Å². The molecule has 4 aromatic rings. The SMILES string of the molecule is COc1cc(OC)c2cc(C(=O)N[C@@H](Cc3ccccc3)C(=O)NC(C[C@@H]3CCNC3=O)C(=O)C(=O)NCc3ccccc3)[nH]c2c1. The number of rotatable bonds is 14. The van der Waals surface area contributed by atoms with E-state index in [1.807, 2.05) is 60.7 Å². The van der Waals surface area contributed by atoms with Gasteiger partial charge in [0.2, 0.25) is 17.6 Å². The number of Topliss-reactive ketones (excluding diaryl/α,β-unsaturated/α-hetero) is 1. The van der Waals surface area contributed by atoms with Crippen LogP contribution in [0.5, 0.6) is 11.5 Å². The number of fused-ring (bicyclic) bond motifs is 1. The Morgan fingerprint density at radius 1 is 0.872 bits per heavy atom. The van der Waals surface area contributed by atoms with E-state index < -0.39 is 41.5 Å². The summed E-state index contributed by atoms with van der Waals surface area (Å²) < 4.78 is 10.8. The average Bonchev–Trinajstić information content (AvgIpc) is 3.72. The minimum atomic E-state index is -1.30. The van der Waals surface area contributed by atoms with Crippen LogP contribution in [0.1, 0.15) is 34.5 Å². The number of methoxy groups -OCH3 is 2. The lowest BCUT2D eigenvalue weighted by molar-refractivity contribution is -0.141. The number of aromatic nitrogens is 1. The molecular weight excluding hydrogens is 602 g/mol. The number of hydrogen-bond acceptors (Lipinski definition) is 7. The van der Waals surface area contributed by atoms with Gasteiger partial charge in [0.1, 0.15) is 23.2 Å². The molecule has 0 spiro atoms.